The van der Waals surface area contributed by atoms with E-state index in [4.69, 9.17) is 4.74 Å². The lowest BCUT2D eigenvalue weighted by atomic mass is 9.88. The summed E-state index contributed by atoms with van der Waals surface area (Å²) >= 11 is 0. The molecule has 0 spiro atoms. The van der Waals surface area contributed by atoms with Gasteiger partial charge in [0.25, 0.3) is 11.8 Å². The van der Waals surface area contributed by atoms with E-state index in [0.29, 0.717) is 42.8 Å². The van der Waals surface area contributed by atoms with Crippen molar-refractivity contribution in [3.63, 3.8) is 0 Å². The molecule has 3 rings (SSSR count). The van der Waals surface area contributed by atoms with Gasteiger partial charge < -0.3 is 20.3 Å². The number of methoxy groups -OCH3 is 1. The van der Waals surface area contributed by atoms with E-state index in [1.165, 1.54) is 0 Å². The van der Waals surface area contributed by atoms with E-state index in [9.17, 15) is 14.4 Å². The summed E-state index contributed by atoms with van der Waals surface area (Å²) < 4.78 is 5.16. The Morgan fingerprint density at radius 3 is 2.29 bits per heavy atom. The van der Waals surface area contributed by atoms with Crippen molar-refractivity contribution in [2.45, 2.75) is 52.1 Å². The second kappa shape index (κ2) is 11.7. The van der Waals surface area contributed by atoms with Crippen molar-refractivity contribution in [1.82, 2.24) is 15.5 Å². The van der Waals surface area contributed by atoms with Gasteiger partial charge in [-0.05, 0) is 75.4 Å². The van der Waals surface area contributed by atoms with Gasteiger partial charge in [0.2, 0.25) is 5.91 Å². The predicted molar refractivity (Wildman–Crippen MR) is 132 cm³/mol. The molecule has 34 heavy (non-hydrogen) atoms. The number of hydrogen-bond acceptors (Lipinski definition) is 4. The van der Waals surface area contributed by atoms with Crippen molar-refractivity contribution in [2.24, 2.45) is 5.92 Å². The molecule has 7 heteroatoms. The van der Waals surface area contributed by atoms with Gasteiger partial charge in [0.1, 0.15) is 11.8 Å². The van der Waals surface area contributed by atoms with Crippen molar-refractivity contribution in [3.8, 4) is 5.75 Å². The molecule has 1 aliphatic heterocycles. The molecule has 3 amide bonds. The van der Waals surface area contributed by atoms with Gasteiger partial charge >= 0.3 is 0 Å². The summed E-state index contributed by atoms with van der Waals surface area (Å²) in [5, 5.41) is 5.97. The molecule has 0 bridgehead atoms. The second-order valence-corrected chi connectivity index (χ2v) is 9.00. The Kier molecular flexibility index (Phi) is 8.68. The summed E-state index contributed by atoms with van der Waals surface area (Å²) in [7, 11) is 1.57. The van der Waals surface area contributed by atoms with Crippen LogP contribution in [0.2, 0.25) is 0 Å². The van der Waals surface area contributed by atoms with Crippen molar-refractivity contribution in [1.29, 1.82) is 0 Å². The Bertz CT molecular complexity index is 997. The average molecular weight is 466 g/mol. The quantitative estimate of drug-likeness (QED) is 0.624. The smallest absolute Gasteiger partial charge is 0.253 e. The number of nitrogens with one attached hydrogen (secondary N) is 2. The first-order valence-electron chi connectivity index (χ1n) is 11.9. The van der Waals surface area contributed by atoms with Crippen LogP contribution in [0.5, 0.6) is 5.75 Å². The fourth-order valence-electron chi connectivity index (χ4n) is 4.20. The van der Waals surface area contributed by atoms with Gasteiger partial charge in [0.05, 0.1) is 7.11 Å². The molecule has 0 aliphatic carbocycles. The minimum Gasteiger partial charge on any atom is -0.497 e. The summed E-state index contributed by atoms with van der Waals surface area (Å²) in [5.74, 6) is 0.121. The maximum atomic E-state index is 13.1. The highest BCUT2D eigenvalue weighted by Gasteiger charge is 2.34. The van der Waals surface area contributed by atoms with E-state index in [1.54, 1.807) is 31.4 Å². The molecule has 1 fully saturated rings. The first-order chi connectivity index (χ1) is 16.3. The standard InChI is InChI=1S/C27H35N3O4/c1-5-19(3)28-26(32)24(29-25(31)21-9-11-23(34-4)12-10-21)20-13-15-30(16-14-20)27(33)22-8-6-7-18(2)17-22/h6-12,17,19-20,24H,5,13-16H2,1-4H3,(H,28,32)(H,29,31)/t19-,24-/m1/s1. The Balaban J connectivity index is 1.70. The van der Waals surface area contributed by atoms with E-state index in [-0.39, 0.29) is 29.7 Å². The van der Waals surface area contributed by atoms with E-state index in [1.807, 2.05) is 49.9 Å². The van der Waals surface area contributed by atoms with Gasteiger partial charge in [0, 0.05) is 30.3 Å². The van der Waals surface area contributed by atoms with Crippen molar-refractivity contribution < 1.29 is 19.1 Å². The number of benzene rings is 2. The number of piperidine rings is 1. The molecule has 182 valence electrons. The van der Waals surface area contributed by atoms with E-state index >= 15 is 0 Å². The fraction of sp³-hybridized carbons (Fsp3) is 0.444. The first kappa shape index (κ1) is 25.3. The first-order valence-corrected chi connectivity index (χ1v) is 11.9. The minimum atomic E-state index is -0.667. The van der Waals surface area contributed by atoms with E-state index < -0.39 is 6.04 Å². The number of likely N-dealkylation sites (tertiary alicyclic amines) is 1. The minimum absolute atomic E-state index is 0.00465. The highest BCUT2D eigenvalue weighted by Crippen LogP contribution is 2.23. The molecule has 1 heterocycles. The summed E-state index contributed by atoms with van der Waals surface area (Å²) in [6.07, 6.45) is 2.08. The third-order valence-electron chi connectivity index (χ3n) is 6.49. The van der Waals surface area contributed by atoms with Crippen LogP contribution in [0.3, 0.4) is 0 Å². The number of amides is 3. The number of carbonyl (C=O) groups excluding carboxylic acids is 3. The van der Waals surface area contributed by atoms with Gasteiger partial charge in [-0.1, -0.05) is 24.6 Å². The third-order valence-corrected chi connectivity index (χ3v) is 6.49. The molecule has 0 saturated carbocycles. The van der Waals surface area contributed by atoms with E-state index in [0.717, 1.165) is 12.0 Å². The van der Waals surface area contributed by atoms with Crippen molar-refractivity contribution >= 4 is 17.7 Å². The lowest BCUT2D eigenvalue weighted by Crippen LogP contribution is -2.55. The zero-order chi connectivity index (χ0) is 24.7. The molecule has 0 aromatic heterocycles. The zero-order valence-electron chi connectivity index (χ0n) is 20.5. The lowest BCUT2D eigenvalue weighted by Gasteiger charge is -2.36. The molecule has 1 saturated heterocycles. The molecule has 0 unspecified atom stereocenters. The number of ether oxygens (including phenoxy) is 1. The molecular formula is C27H35N3O4. The maximum Gasteiger partial charge on any atom is 0.253 e. The Labute approximate surface area is 201 Å². The van der Waals surface area contributed by atoms with E-state index in [2.05, 4.69) is 10.6 Å². The van der Waals surface area contributed by atoms with Crippen molar-refractivity contribution in [2.75, 3.05) is 20.2 Å². The van der Waals surface area contributed by atoms with Gasteiger partial charge in [-0.3, -0.25) is 14.4 Å². The van der Waals surface area contributed by atoms with Gasteiger partial charge in [-0.15, -0.1) is 0 Å². The Morgan fingerprint density at radius 1 is 1.03 bits per heavy atom. The monoisotopic (exact) mass is 465 g/mol. The highest BCUT2D eigenvalue weighted by molar-refractivity contribution is 5.98. The molecule has 2 N–H and O–H groups in total. The molecular weight excluding hydrogens is 430 g/mol. The van der Waals surface area contributed by atoms with Gasteiger partial charge in [-0.2, -0.15) is 0 Å². The van der Waals surface area contributed by atoms with Gasteiger partial charge in [0.15, 0.2) is 0 Å². The van der Waals surface area contributed by atoms with Crippen LogP contribution in [0, 0.1) is 12.8 Å². The molecule has 0 radical (unpaired) electrons. The lowest BCUT2D eigenvalue weighted by molar-refractivity contribution is -0.125. The number of rotatable bonds is 8. The predicted octanol–water partition coefficient (Wildman–Crippen LogP) is 3.57. The Hall–Kier alpha value is -3.35. The molecule has 2 atom stereocenters. The van der Waals surface area contributed by atoms with Crippen molar-refractivity contribution in [3.05, 3.63) is 65.2 Å². The third kappa shape index (κ3) is 6.37. The largest absolute Gasteiger partial charge is 0.497 e. The molecule has 7 nitrogen and oxygen atoms in total. The molecule has 2 aromatic rings. The fourth-order valence-corrected chi connectivity index (χ4v) is 4.20. The zero-order valence-corrected chi connectivity index (χ0v) is 20.5. The van der Waals surface area contributed by atoms with Gasteiger partial charge in [-0.25, -0.2) is 0 Å². The Morgan fingerprint density at radius 2 is 1.71 bits per heavy atom. The van der Waals surface area contributed by atoms with Crippen LogP contribution in [-0.4, -0.2) is 54.9 Å². The number of aryl methyl sites for hydroxylation is 1. The molecule has 1 aliphatic rings. The van der Waals surface area contributed by atoms with Crippen LogP contribution < -0.4 is 15.4 Å². The average Bonchev–Trinajstić information content (AvgIpc) is 2.86. The number of hydrogen-bond donors (Lipinski definition) is 2. The SMILES string of the molecule is CC[C@@H](C)NC(=O)[C@H](NC(=O)c1ccc(OC)cc1)C1CCN(C(=O)c2cccc(C)c2)CC1. The van der Waals surface area contributed by atoms with Crippen LogP contribution >= 0.6 is 0 Å². The number of nitrogens with zero attached hydrogens (tertiary/aromatic N) is 1. The topological polar surface area (TPSA) is 87.7 Å². The number of carbonyl (C=O) groups is 3. The molecule has 2 aromatic carbocycles. The maximum absolute atomic E-state index is 13.1. The summed E-state index contributed by atoms with van der Waals surface area (Å²) in [6, 6.07) is 13.7. The summed E-state index contributed by atoms with van der Waals surface area (Å²) in [5.41, 5.74) is 2.19. The van der Waals surface area contributed by atoms with Crippen LogP contribution in [0.4, 0.5) is 0 Å². The van der Waals surface area contributed by atoms with Crippen LogP contribution in [0.1, 0.15) is 59.4 Å². The highest BCUT2D eigenvalue weighted by atomic mass is 16.5. The summed E-state index contributed by atoms with van der Waals surface area (Å²) in [4.78, 5) is 40.8. The second-order valence-electron chi connectivity index (χ2n) is 9.00. The normalized spacial score (nSPS) is 15.8. The van der Waals surface area contributed by atoms with Crippen LogP contribution in [-0.2, 0) is 4.79 Å². The summed E-state index contributed by atoms with van der Waals surface area (Å²) in [6.45, 7) is 7.01. The van der Waals surface area contributed by atoms with Crippen LogP contribution in [0.25, 0.3) is 0 Å². The van der Waals surface area contributed by atoms with Crippen LogP contribution in [0.15, 0.2) is 48.5 Å².